The first-order chi connectivity index (χ1) is 11.2. The number of carbonyl (C=O) groups excluding carboxylic acids is 1. The average molecular weight is 346 g/mol. The molecule has 1 aromatic carbocycles. The van der Waals surface area contributed by atoms with Gasteiger partial charge in [0.25, 0.3) is 5.56 Å². The lowest BCUT2D eigenvalue weighted by Crippen LogP contribution is -2.11. The molecule has 0 saturated heterocycles. The number of hydrogen-bond acceptors (Lipinski definition) is 6. The number of H-pyrrole nitrogens is 1. The number of rotatable bonds is 5. The molecule has 0 aliphatic heterocycles. The van der Waals surface area contributed by atoms with Crippen molar-refractivity contribution in [2.24, 2.45) is 0 Å². The van der Waals surface area contributed by atoms with Crippen molar-refractivity contribution in [3.8, 4) is 11.1 Å². The van der Waals surface area contributed by atoms with Gasteiger partial charge in [-0.1, -0.05) is 42.1 Å². The summed E-state index contributed by atoms with van der Waals surface area (Å²) in [4.78, 5) is 31.6. The van der Waals surface area contributed by atoms with Crippen LogP contribution in [0.25, 0.3) is 21.3 Å². The van der Waals surface area contributed by atoms with E-state index >= 15 is 0 Å². The number of nitrogens with zero attached hydrogens (tertiary/aromatic N) is 1. The number of aromatic amines is 1. The van der Waals surface area contributed by atoms with Crippen molar-refractivity contribution in [3.63, 3.8) is 0 Å². The maximum Gasteiger partial charge on any atom is 0.316 e. The van der Waals surface area contributed by atoms with Crippen LogP contribution < -0.4 is 5.56 Å². The van der Waals surface area contributed by atoms with Crippen LogP contribution in [-0.2, 0) is 9.53 Å². The van der Waals surface area contributed by atoms with Crippen LogP contribution >= 0.6 is 23.1 Å². The number of hydrogen-bond donors (Lipinski definition) is 1. The Bertz CT molecular complexity index is 887. The summed E-state index contributed by atoms with van der Waals surface area (Å²) < 4.78 is 4.87. The van der Waals surface area contributed by atoms with E-state index in [4.69, 9.17) is 4.74 Å². The van der Waals surface area contributed by atoms with Gasteiger partial charge < -0.3 is 9.72 Å². The summed E-state index contributed by atoms with van der Waals surface area (Å²) in [6, 6.07) is 9.73. The number of thioether (sulfide) groups is 1. The largest absolute Gasteiger partial charge is 0.465 e. The van der Waals surface area contributed by atoms with Crippen LogP contribution in [0, 0.1) is 0 Å². The van der Waals surface area contributed by atoms with E-state index in [9.17, 15) is 9.59 Å². The van der Waals surface area contributed by atoms with Crippen LogP contribution in [0.1, 0.15) is 6.92 Å². The molecule has 0 radical (unpaired) electrons. The van der Waals surface area contributed by atoms with Gasteiger partial charge in [-0.15, -0.1) is 11.3 Å². The van der Waals surface area contributed by atoms with E-state index in [2.05, 4.69) is 9.97 Å². The number of benzene rings is 1. The van der Waals surface area contributed by atoms with Gasteiger partial charge in [-0.05, 0) is 12.5 Å². The van der Waals surface area contributed by atoms with E-state index in [1.54, 1.807) is 6.92 Å². The van der Waals surface area contributed by atoms with Gasteiger partial charge in [0, 0.05) is 10.9 Å². The fourth-order valence-corrected chi connectivity index (χ4v) is 3.82. The molecule has 5 nitrogen and oxygen atoms in total. The van der Waals surface area contributed by atoms with Crippen LogP contribution in [-0.4, -0.2) is 28.3 Å². The molecule has 23 heavy (non-hydrogen) atoms. The third kappa shape index (κ3) is 3.46. The second-order valence-electron chi connectivity index (χ2n) is 4.66. The average Bonchev–Trinajstić information content (AvgIpc) is 2.99. The summed E-state index contributed by atoms with van der Waals surface area (Å²) in [7, 11) is 0. The van der Waals surface area contributed by atoms with Crippen molar-refractivity contribution in [1.82, 2.24) is 9.97 Å². The highest BCUT2D eigenvalue weighted by Gasteiger charge is 2.13. The molecule has 0 spiro atoms. The molecule has 118 valence electrons. The Balaban J connectivity index is 1.92. The topological polar surface area (TPSA) is 72.0 Å². The highest BCUT2D eigenvalue weighted by molar-refractivity contribution is 7.99. The summed E-state index contributed by atoms with van der Waals surface area (Å²) in [6.07, 6.45) is 0. The number of thiophene rings is 1. The van der Waals surface area contributed by atoms with E-state index in [0.29, 0.717) is 22.0 Å². The number of fused-ring (bicyclic) bond motifs is 1. The molecule has 0 atom stereocenters. The molecule has 0 fully saturated rings. The number of ether oxygens (including phenoxy) is 1. The van der Waals surface area contributed by atoms with Crippen LogP contribution in [0.3, 0.4) is 0 Å². The summed E-state index contributed by atoms with van der Waals surface area (Å²) in [6.45, 7) is 2.10. The molecule has 7 heteroatoms. The Morgan fingerprint density at radius 3 is 2.87 bits per heavy atom. The van der Waals surface area contributed by atoms with E-state index in [-0.39, 0.29) is 17.3 Å². The minimum absolute atomic E-state index is 0.124. The smallest absolute Gasteiger partial charge is 0.316 e. The predicted octanol–water partition coefficient (Wildman–Crippen LogP) is 3.31. The van der Waals surface area contributed by atoms with Crippen LogP contribution in [0.2, 0.25) is 0 Å². The molecule has 0 aliphatic rings. The second-order valence-corrected chi connectivity index (χ2v) is 6.48. The van der Waals surface area contributed by atoms with Gasteiger partial charge in [0.15, 0.2) is 5.16 Å². The van der Waals surface area contributed by atoms with Crippen molar-refractivity contribution >= 4 is 39.3 Å². The molecule has 2 heterocycles. The van der Waals surface area contributed by atoms with E-state index in [0.717, 1.165) is 11.1 Å². The van der Waals surface area contributed by atoms with Gasteiger partial charge in [0.1, 0.15) is 4.83 Å². The first-order valence-electron chi connectivity index (χ1n) is 7.04. The Morgan fingerprint density at radius 1 is 1.35 bits per heavy atom. The lowest BCUT2D eigenvalue weighted by Gasteiger charge is -2.02. The van der Waals surface area contributed by atoms with Crippen molar-refractivity contribution in [2.45, 2.75) is 12.1 Å². The van der Waals surface area contributed by atoms with Gasteiger partial charge in [-0.2, -0.15) is 0 Å². The molecular weight excluding hydrogens is 332 g/mol. The third-order valence-electron chi connectivity index (χ3n) is 3.14. The molecule has 3 aromatic rings. The van der Waals surface area contributed by atoms with Gasteiger partial charge >= 0.3 is 5.97 Å². The van der Waals surface area contributed by atoms with Crippen molar-refractivity contribution in [2.75, 3.05) is 12.4 Å². The predicted molar refractivity (Wildman–Crippen MR) is 93.0 cm³/mol. The first kappa shape index (κ1) is 15.8. The Morgan fingerprint density at radius 2 is 2.13 bits per heavy atom. The van der Waals surface area contributed by atoms with Gasteiger partial charge in [-0.25, -0.2) is 4.98 Å². The fourth-order valence-electron chi connectivity index (χ4n) is 2.16. The number of aromatic nitrogens is 2. The van der Waals surface area contributed by atoms with Crippen LogP contribution in [0.5, 0.6) is 0 Å². The van der Waals surface area contributed by atoms with Crippen molar-refractivity contribution in [1.29, 1.82) is 0 Å². The molecule has 3 rings (SSSR count). The molecule has 0 aliphatic carbocycles. The minimum Gasteiger partial charge on any atom is -0.465 e. The van der Waals surface area contributed by atoms with E-state index in [1.165, 1.54) is 23.1 Å². The molecule has 2 aromatic heterocycles. The van der Waals surface area contributed by atoms with Crippen molar-refractivity contribution < 1.29 is 9.53 Å². The third-order valence-corrected chi connectivity index (χ3v) is 4.86. The molecule has 0 unspecified atom stereocenters. The maximum absolute atomic E-state index is 12.4. The summed E-state index contributed by atoms with van der Waals surface area (Å²) in [5.41, 5.74) is 1.67. The summed E-state index contributed by atoms with van der Waals surface area (Å²) in [5.74, 6) is -0.199. The highest BCUT2D eigenvalue weighted by Crippen LogP contribution is 2.31. The lowest BCUT2D eigenvalue weighted by atomic mass is 10.1. The number of esters is 1. The summed E-state index contributed by atoms with van der Waals surface area (Å²) >= 11 is 2.59. The second kappa shape index (κ2) is 6.97. The van der Waals surface area contributed by atoms with E-state index < -0.39 is 0 Å². The quantitative estimate of drug-likeness (QED) is 0.436. The molecule has 0 saturated carbocycles. The van der Waals surface area contributed by atoms with Gasteiger partial charge in [0.05, 0.1) is 17.7 Å². The molecule has 0 amide bonds. The Hall–Kier alpha value is -2.12. The molecule has 0 bridgehead atoms. The SMILES string of the molecule is CCOC(=O)CSc1nc2scc(-c3ccccc3)c2c(=O)[nH]1. The number of carbonyl (C=O) groups is 1. The van der Waals surface area contributed by atoms with Crippen molar-refractivity contribution in [3.05, 3.63) is 46.1 Å². The minimum atomic E-state index is -0.323. The Kier molecular flexibility index (Phi) is 4.78. The van der Waals surface area contributed by atoms with Gasteiger partial charge in [-0.3, -0.25) is 9.59 Å². The monoisotopic (exact) mass is 346 g/mol. The first-order valence-corrected chi connectivity index (χ1v) is 8.91. The standard InChI is InChI=1S/C16H14N2O3S2/c1-2-21-12(19)9-23-16-17-14(20)13-11(8-22-15(13)18-16)10-6-4-3-5-7-10/h3-8H,2,9H2,1H3,(H,17,18,20). The van der Waals surface area contributed by atoms with E-state index in [1.807, 2.05) is 35.7 Å². The lowest BCUT2D eigenvalue weighted by molar-refractivity contribution is -0.139. The fraction of sp³-hybridized carbons (Fsp3) is 0.188. The van der Waals surface area contributed by atoms with Crippen LogP contribution in [0.15, 0.2) is 45.7 Å². The zero-order valence-electron chi connectivity index (χ0n) is 12.4. The number of nitrogens with one attached hydrogen (secondary N) is 1. The maximum atomic E-state index is 12.4. The molecule has 1 N–H and O–H groups in total. The zero-order valence-corrected chi connectivity index (χ0v) is 14.0. The van der Waals surface area contributed by atoms with Gasteiger partial charge in [0.2, 0.25) is 0 Å². The highest BCUT2D eigenvalue weighted by atomic mass is 32.2. The normalized spacial score (nSPS) is 10.8. The summed E-state index contributed by atoms with van der Waals surface area (Å²) in [5, 5.41) is 2.95. The van der Waals surface area contributed by atoms with Crippen LogP contribution in [0.4, 0.5) is 0 Å². The zero-order chi connectivity index (χ0) is 16.2. The molecular formula is C16H14N2O3S2. The Labute approximate surface area is 140 Å².